The highest BCUT2D eigenvalue weighted by Gasteiger charge is 2.34. The normalized spacial score (nSPS) is 15.2. The molecule has 4 aromatic carbocycles. The summed E-state index contributed by atoms with van der Waals surface area (Å²) >= 11 is 0.999. The average Bonchev–Trinajstić information content (AvgIpc) is 3.07. The summed E-state index contributed by atoms with van der Waals surface area (Å²) in [4.78, 5) is 27.2. The van der Waals surface area contributed by atoms with Gasteiger partial charge in [0.15, 0.2) is 0 Å². The second kappa shape index (κ2) is 8.25. The Labute approximate surface area is 185 Å². The van der Waals surface area contributed by atoms with E-state index in [-0.39, 0.29) is 17.7 Å². The number of fused-ring (bicyclic) bond motifs is 1. The maximum atomic E-state index is 12.9. The zero-order valence-electron chi connectivity index (χ0n) is 16.7. The van der Waals surface area contributed by atoms with Crippen LogP contribution in [0.3, 0.4) is 0 Å². The Morgan fingerprint density at radius 3 is 2.16 bits per heavy atom. The lowest BCUT2D eigenvalue weighted by Gasteiger charge is -2.13. The van der Waals surface area contributed by atoms with Crippen LogP contribution in [0.4, 0.5) is 4.79 Å². The number of carbonyl (C=O) groups excluding carboxylic acids is 2. The van der Waals surface area contributed by atoms with E-state index in [0.29, 0.717) is 4.91 Å². The van der Waals surface area contributed by atoms with Crippen LogP contribution in [-0.2, 0) is 11.3 Å². The molecule has 1 aliphatic rings. The van der Waals surface area contributed by atoms with Crippen LogP contribution in [0.25, 0.3) is 28.0 Å². The van der Waals surface area contributed by atoms with E-state index in [0.717, 1.165) is 44.8 Å². The van der Waals surface area contributed by atoms with E-state index in [1.54, 1.807) is 6.08 Å². The lowest BCUT2D eigenvalue weighted by Crippen LogP contribution is -2.27. The summed E-state index contributed by atoms with van der Waals surface area (Å²) in [6.45, 7) is 0.278. The second-order valence-electron chi connectivity index (χ2n) is 7.44. The van der Waals surface area contributed by atoms with Gasteiger partial charge in [-0.3, -0.25) is 14.5 Å². The molecule has 150 valence electrons. The summed E-state index contributed by atoms with van der Waals surface area (Å²) in [5, 5.41) is 2.01. The lowest BCUT2D eigenvalue weighted by molar-refractivity contribution is -0.123. The maximum Gasteiger partial charge on any atom is 0.293 e. The number of amides is 2. The van der Waals surface area contributed by atoms with Crippen LogP contribution < -0.4 is 0 Å². The number of benzene rings is 4. The van der Waals surface area contributed by atoms with Gasteiger partial charge >= 0.3 is 0 Å². The molecule has 0 spiro atoms. The molecule has 3 nitrogen and oxygen atoms in total. The summed E-state index contributed by atoms with van der Waals surface area (Å²) in [7, 11) is 0. The number of thioether (sulfide) groups is 1. The van der Waals surface area contributed by atoms with Crippen molar-refractivity contribution in [2.45, 2.75) is 6.54 Å². The fourth-order valence-electron chi connectivity index (χ4n) is 3.71. The van der Waals surface area contributed by atoms with Crippen molar-refractivity contribution in [2.24, 2.45) is 0 Å². The van der Waals surface area contributed by atoms with Gasteiger partial charge in [0.05, 0.1) is 11.4 Å². The molecule has 0 aromatic heterocycles. The molecule has 0 atom stereocenters. The first kappa shape index (κ1) is 19.3. The third-order valence-corrected chi connectivity index (χ3v) is 6.25. The molecule has 1 fully saturated rings. The fourth-order valence-corrected chi connectivity index (χ4v) is 4.55. The van der Waals surface area contributed by atoms with Crippen molar-refractivity contribution in [2.75, 3.05) is 0 Å². The van der Waals surface area contributed by atoms with Crippen LogP contribution in [0.15, 0.2) is 102 Å². The van der Waals surface area contributed by atoms with Gasteiger partial charge in [-0.2, -0.15) is 0 Å². The topological polar surface area (TPSA) is 37.4 Å². The van der Waals surface area contributed by atoms with Crippen molar-refractivity contribution in [1.82, 2.24) is 4.90 Å². The van der Waals surface area contributed by atoms with E-state index in [2.05, 4.69) is 12.1 Å². The first-order chi connectivity index (χ1) is 15.2. The van der Waals surface area contributed by atoms with Gasteiger partial charge in [-0.25, -0.2) is 0 Å². The molecular weight excluding hydrogens is 402 g/mol. The number of hydrogen-bond donors (Lipinski definition) is 0. The minimum Gasteiger partial charge on any atom is -0.268 e. The average molecular weight is 422 g/mol. The van der Waals surface area contributed by atoms with E-state index in [9.17, 15) is 9.59 Å². The first-order valence-electron chi connectivity index (χ1n) is 10.1. The third kappa shape index (κ3) is 4.03. The Morgan fingerprint density at radius 2 is 1.39 bits per heavy atom. The van der Waals surface area contributed by atoms with Gasteiger partial charge < -0.3 is 0 Å². The quantitative estimate of drug-likeness (QED) is 0.342. The van der Waals surface area contributed by atoms with Crippen molar-refractivity contribution in [3.05, 3.63) is 113 Å². The first-order valence-corrected chi connectivity index (χ1v) is 10.9. The summed E-state index contributed by atoms with van der Waals surface area (Å²) in [6.07, 6.45) is 1.79. The second-order valence-corrected chi connectivity index (χ2v) is 8.43. The number of hydrogen-bond acceptors (Lipinski definition) is 3. The van der Waals surface area contributed by atoms with Crippen molar-refractivity contribution in [3.8, 4) is 11.1 Å². The largest absolute Gasteiger partial charge is 0.293 e. The molecule has 4 heteroatoms. The van der Waals surface area contributed by atoms with Crippen molar-refractivity contribution in [1.29, 1.82) is 0 Å². The van der Waals surface area contributed by atoms with Crippen molar-refractivity contribution in [3.63, 3.8) is 0 Å². The highest BCUT2D eigenvalue weighted by molar-refractivity contribution is 8.18. The molecule has 0 radical (unpaired) electrons. The van der Waals surface area contributed by atoms with Crippen LogP contribution in [0.2, 0.25) is 0 Å². The molecular formula is C27H19NO2S. The van der Waals surface area contributed by atoms with Gasteiger partial charge in [0.1, 0.15) is 0 Å². The molecule has 1 aliphatic heterocycles. The van der Waals surface area contributed by atoms with Gasteiger partial charge in [-0.1, -0.05) is 91.0 Å². The Morgan fingerprint density at radius 1 is 0.710 bits per heavy atom. The van der Waals surface area contributed by atoms with Crippen LogP contribution in [-0.4, -0.2) is 16.0 Å². The number of nitrogens with zero attached hydrogens (tertiary/aromatic N) is 1. The Kier molecular flexibility index (Phi) is 5.14. The van der Waals surface area contributed by atoms with E-state index < -0.39 is 0 Å². The molecule has 31 heavy (non-hydrogen) atoms. The van der Waals surface area contributed by atoms with Gasteiger partial charge in [-0.15, -0.1) is 0 Å². The standard InChI is InChI=1S/C27H19NO2S/c29-26-25(17-19-10-13-23(14-11-19)21-6-2-1-3-7-21)31-27(30)28(26)18-20-12-15-22-8-4-5-9-24(22)16-20/h1-17H,18H2/b25-17-. The van der Waals surface area contributed by atoms with Gasteiger partial charge in [0.2, 0.25) is 0 Å². The molecule has 1 saturated heterocycles. The summed E-state index contributed by atoms with van der Waals surface area (Å²) in [5.74, 6) is -0.240. The predicted molar refractivity (Wildman–Crippen MR) is 127 cm³/mol. The Balaban J connectivity index is 1.35. The van der Waals surface area contributed by atoms with E-state index >= 15 is 0 Å². The number of imide groups is 1. The smallest absolute Gasteiger partial charge is 0.268 e. The molecule has 5 rings (SSSR count). The van der Waals surface area contributed by atoms with E-state index in [4.69, 9.17) is 0 Å². The number of carbonyl (C=O) groups is 2. The molecule has 0 bridgehead atoms. The van der Waals surface area contributed by atoms with E-state index in [1.165, 1.54) is 4.90 Å². The molecule has 0 aliphatic carbocycles. The minimum absolute atomic E-state index is 0.231. The highest BCUT2D eigenvalue weighted by atomic mass is 32.2. The summed E-state index contributed by atoms with van der Waals surface area (Å²) in [5.41, 5.74) is 4.09. The summed E-state index contributed by atoms with van der Waals surface area (Å²) in [6, 6.07) is 32.2. The molecule has 0 N–H and O–H groups in total. The van der Waals surface area contributed by atoms with Gasteiger partial charge in [0, 0.05) is 0 Å². The predicted octanol–water partition coefficient (Wildman–Crippen LogP) is 6.74. The fraction of sp³-hybridized carbons (Fsp3) is 0.0370. The zero-order chi connectivity index (χ0) is 21.2. The Bertz CT molecular complexity index is 1310. The van der Waals surface area contributed by atoms with Crippen molar-refractivity contribution >= 4 is 39.8 Å². The maximum absolute atomic E-state index is 12.9. The molecule has 1 heterocycles. The van der Waals surface area contributed by atoms with E-state index in [1.807, 2.05) is 84.9 Å². The summed E-state index contributed by atoms with van der Waals surface area (Å²) < 4.78 is 0. The SMILES string of the molecule is O=C1S/C(=C\c2ccc(-c3ccccc3)cc2)C(=O)N1Cc1ccc2ccccc2c1. The highest BCUT2D eigenvalue weighted by Crippen LogP contribution is 2.34. The molecule has 2 amide bonds. The van der Waals surface area contributed by atoms with Crippen LogP contribution in [0, 0.1) is 0 Å². The Hall–Kier alpha value is -3.63. The molecule has 0 unspecified atom stereocenters. The van der Waals surface area contributed by atoms with Crippen molar-refractivity contribution < 1.29 is 9.59 Å². The molecule has 4 aromatic rings. The third-order valence-electron chi connectivity index (χ3n) is 5.34. The zero-order valence-corrected chi connectivity index (χ0v) is 17.5. The minimum atomic E-state index is -0.240. The van der Waals surface area contributed by atoms with Crippen LogP contribution in [0.1, 0.15) is 11.1 Å². The van der Waals surface area contributed by atoms with Crippen LogP contribution >= 0.6 is 11.8 Å². The van der Waals surface area contributed by atoms with Gasteiger partial charge in [-0.05, 0) is 56.9 Å². The monoisotopic (exact) mass is 421 g/mol. The molecule has 0 saturated carbocycles. The lowest BCUT2D eigenvalue weighted by atomic mass is 10.0. The van der Waals surface area contributed by atoms with Crippen LogP contribution in [0.5, 0.6) is 0 Å². The van der Waals surface area contributed by atoms with Gasteiger partial charge in [0.25, 0.3) is 11.1 Å². The number of rotatable bonds is 4.